The number of fused-ring (bicyclic) bond motifs is 1. The molecule has 2 N–H and O–H groups in total. The van der Waals surface area contributed by atoms with E-state index < -0.39 is 12.2 Å². The van der Waals surface area contributed by atoms with Gasteiger partial charge in [-0.05, 0) is 62.1 Å². The van der Waals surface area contributed by atoms with Crippen LogP contribution in [-0.2, 0) is 27.3 Å². The number of alkyl halides is 1. The number of hydrogen-bond acceptors (Lipinski definition) is 5. The number of ether oxygens (including phenoxy) is 1. The van der Waals surface area contributed by atoms with E-state index in [2.05, 4.69) is 16.7 Å². The summed E-state index contributed by atoms with van der Waals surface area (Å²) >= 11 is 0. The minimum Gasteiger partial charge on any atom is -0.376 e. The molecule has 1 aromatic carbocycles. The zero-order valence-corrected chi connectivity index (χ0v) is 18.9. The topological polar surface area (TPSA) is 87.7 Å². The molecule has 1 unspecified atom stereocenters. The molecule has 3 fully saturated rings. The Morgan fingerprint density at radius 3 is 2.70 bits per heavy atom. The fourth-order valence-corrected chi connectivity index (χ4v) is 5.74. The Hall–Kier alpha value is -2.32. The van der Waals surface area contributed by atoms with Gasteiger partial charge in [0.2, 0.25) is 11.8 Å². The Bertz CT molecular complexity index is 930. The van der Waals surface area contributed by atoms with Crippen LogP contribution in [0, 0.1) is 0 Å². The molecule has 0 radical (unpaired) electrons. The molecule has 0 spiro atoms. The van der Waals surface area contributed by atoms with Gasteiger partial charge in [0.1, 0.15) is 12.2 Å². The van der Waals surface area contributed by atoms with Crippen LogP contribution >= 0.6 is 0 Å². The zero-order valence-electron chi connectivity index (χ0n) is 18.9. The first kappa shape index (κ1) is 22.5. The summed E-state index contributed by atoms with van der Waals surface area (Å²) in [4.78, 5) is 38.2. The van der Waals surface area contributed by atoms with Crippen LogP contribution in [0.3, 0.4) is 0 Å². The average molecular weight is 458 g/mol. The predicted octanol–water partition coefficient (Wildman–Crippen LogP) is 2.41. The van der Waals surface area contributed by atoms with E-state index in [1.165, 1.54) is 0 Å². The summed E-state index contributed by atoms with van der Waals surface area (Å²) in [7, 11) is 0. The SMILES string of the molecule is O=C1CCC(N2Cc3cc(C[C@H]4OCCC[C@@H]4NC4CCC(F)CC4)ccc3C2=O)C(=O)N1. The smallest absolute Gasteiger partial charge is 0.255 e. The normalized spacial score (nSPS) is 32.6. The van der Waals surface area contributed by atoms with Crippen molar-refractivity contribution < 1.29 is 23.5 Å². The molecule has 33 heavy (non-hydrogen) atoms. The molecule has 1 saturated carbocycles. The van der Waals surface area contributed by atoms with Crippen LogP contribution in [0.25, 0.3) is 0 Å². The lowest BCUT2D eigenvalue weighted by Gasteiger charge is -2.37. The van der Waals surface area contributed by atoms with E-state index in [0.29, 0.717) is 37.4 Å². The van der Waals surface area contributed by atoms with Crippen LogP contribution in [0.15, 0.2) is 18.2 Å². The van der Waals surface area contributed by atoms with E-state index in [1.54, 1.807) is 4.90 Å². The molecule has 3 heterocycles. The summed E-state index contributed by atoms with van der Waals surface area (Å²) in [5, 5.41) is 6.08. The molecule has 5 rings (SSSR count). The van der Waals surface area contributed by atoms with Gasteiger partial charge in [0.15, 0.2) is 0 Å². The second-order valence-corrected chi connectivity index (χ2v) is 9.87. The second-order valence-electron chi connectivity index (χ2n) is 9.87. The predicted molar refractivity (Wildman–Crippen MR) is 119 cm³/mol. The van der Waals surface area contributed by atoms with E-state index in [9.17, 15) is 18.8 Å². The Labute approximate surface area is 193 Å². The largest absolute Gasteiger partial charge is 0.376 e. The molecule has 3 amide bonds. The summed E-state index contributed by atoms with van der Waals surface area (Å²) < 4.78 is 19.6. The van der Waals surface area contributed by atoms with Gasteiger partial charge in [-0.15, -0.1) is 0 Å². The van der Waals surface area contributed by atoms with Gasteiger partial charge in [0.25, 0.3) is 5.91 Å². The van der Waals surface area contributed by atoms with Gasteiger partial charge in [-0.1, -0.05) is 12.1 Å². The maximum atomic E-state index is 13.5. The fourth-order valence-electron chi connectivity index (χ4n) is 5.74. The van der Waals surface area contributed by atoms with Crippen LogP contribution in [0.4, 0.5) is 4.39 Å². The maximum absolute atomic E-state index is 13.5. The monoisotopic (exact) mass is 457 g/mol. The van der Waals surface area contributed by atoms with Crippen molar-refractivity contribution in [2.24, 2.45) is 0 Å². The molecule has 1 aliphatic carbocycles. The molecular weight excluding hydrogens is 425 g/mol. The lowest BCUT2D eigenvalue weighted by atomic mass is 9.90. The lowest BCUT2D eigenvalue weighted by molar-refractivity contribution is -0.136. The standard InChI is InChI=1S/C25H32FN3O4/c26-17-4-6-18(7-5-17)27-20-2-1-11-33-22(20)13-15-3-8-19-16(12-15)14-29(25(19)32)21-9-10-23(30)28-24(21)31/h3,8,12,17-18,20-22,27H,1-2,4-7,9-11,13-14H2,(H,28,30,31)/t17?,18?,20-,21?,22+/m0/s1. The van der Waals surface area contributed by atoms with Crippen molar-refractivity contribution in [2.45, 2.75) is 94.7 Å². The Morgan fingerprint density at radius 1 is 1.09 bits per heavy atom. The third kappa shape index (κ3) is 4.82. The summed E-state index contributed by atoms with van der Waals surface area (Å²) in [5.74, 6) is -0.821. The Balaban J connectivity index is 1.24. The van der Waals surface area contributed by atoms with Crippen molar-refractivity contribution in [3.63, 3.8) is 0 Å². The number of piperidine rings is 1. The van der Waals surface area contributed by atoms with Crippen LogP contribution < -0.4 is 10.6 Å². The highest BCUT2D eigenvalue weighted by Crippen LogP contribution is 2.30. The van der Waals surface area contributed by atoms with Gasteiger partial charge >= 0.3 is 0 Å². The highest BCUT2D eigenvalue weighted by molar-refractivity contribution is 6.05. The number of benzene rings is 1. The number of imide groups is 1. The van der Waals surface area contributed by atoms with Gasteiger partial charge in [0, 0.05) is 43.6 Å². The highest BCUT2D eigenvalue weighted by atomic mass is 19.1. The second kappa shape index (κ2) is 9.50. The van der Waals surface area contributed by atoms with Crippen molar-refractivity contribution in [1.82, 2.24) is 15.5 Å². The molecule has 7 nitrogen and oxygen atoms in total. The molecule has 3 atom stereocenters. The zero-order chi connectivity index (χ0) is 22.9. The summed E-state index contributed by atoms with van der Waals surface area (Å²) in [6.07, 6.45) is 5.85. The molecule has 0 bridgehead atoms. The number of carbonyl (C=O) groups is 3. The molecule has 3 aliphatic heterocycles. The van der Waals surface area contributed by atoms with E-state index in [-0.39, 0.29) is 36.3 Å². The molecule has 8 heteroatoms. The number of halogens is 1. The number of carbonyl (C=O) groups excluding carboxylic acids is 3. The fraction of sp³-hybridized carbons (Fsp3) is 0.640. The molecule has 4 aliphatic rings. The molecule has 0 aromatic heterocycles. The summed E-state index contributed by atoms with van der Waals surface area (Å²) in [5.41, 5.74) is 2.66. The van der Waals surface area contributed by atoms with E-state index in [0.717, 1.165) is 49.8 Å². The first-order valence-electron chi connectivity index (χ1n) is 12.3. The minimum atomic E-state index is -0.657. The lowest BCUT2D eigenvalue weighted by Crippen LogP contribution is -2.52. The van der Waals surface area contributed by atoms with Crippen molar-refractivity contribution in [1.29, 1.82) is 0 Å². The van der Waals surface area contributed by atoms with Gasteiger partial charge in [-0.25, -0.2) is 4.39 Å². The van der Waals surface area contributed by atoms with Crippen molar-refractivity contribution in [3.05, 3.63) is 34.9 Å². The number of amides is 3. The van der Waals surface area contributed by atoms with Crippen LogP contribution in [-0.4, -0.2) is 59.6 Å². The van der Waals surface area contributed by atoms with Crippen molar-refractivity contribution in [2.75, 3.05) is 6.61 Å². The first-order chi connectivity index (χ1) is 16.0. The maximum Gasteiger partial charge on any atom is 0.255 e. The molecular formula is C25H32FN3O4. The van der Waals surface area contributed by atoms with Gasteiger partial charge in [-0.3, -0.25) is 19.7 Å². The van der Waals surface area contributed by atoms with Gasteiger partial charge in [0.05, 0.1) is 6.10 Å². The third-order valence-electron chi connectivity index (χ3n) is 7.57. The quantitative estimate of drug-likeness (QED) is 0.663. The number of nitrogens with one attached hydrogen (secondary N) is 2. The number of nitrogens with zero attached hydrogens (tertiary/aromatic N) is 1. The minimum absolute atomic E-state index is 0.0447. The van der Waals surface area contributed by atoms with Gasteiger partial charge in [-0.2, -0.15) is 0 Å². The summed E-state index contributed by atoms with van der Waals surface area (Å²) in [6.45, 7) is 1.13. The van der Waals surface area contributed by atoms with Crippen LogP contribution in [0.2, 0.25) is 0 Å². The first-order valence-corrected chi connectivity index (χ1v) is 12.3. The average Bonchev–Trinajstić information content (AvgIpc) is 3.12. The van der Waals surface area contributed by atoms with Crippen LogP contribution in [0.1, 0.15) is 72.9 Å². The Kier molecular flexibility index (Phi) is 6.47. The molecule has 2 saturated heterocycles. The van der Waals surface area contributed by atoms with Gasteiger partial charge < -0.3 is 15.0 Å². The van der Waals surface area contributed by atoms with E-state index in [1.807, 2.05) is 12.1 Å². The van der Waals surface area contributed by atoms with E-state index in [4.69, 9.17) is 4.74 Å². The number of hydrogen-bond donors (Lipinski definition) is 2. The van der Waals surface area contributed by atoms with Crippen LogP contribution in [0.5, 0.6) is 0 Å². The third-order valence-corrected chi connectivity index (χ3v) is 7.57. The number of rotatable bonds is 5. The molecule has 178 valence electrons. The Morgan fingerprint density at radius 2 is 1.91 bits per heavy atom. The summed E-state index contributed by atoms with van der Waals surface area (Å²) in [6, 6.07) is 5.89. The molecule has 1 aromatic rings. The van der Waals surface area contributed by atoms with Crippen molar-refractivity contribution in [3.8, 4) is 0 Å². The highest BCUT2D eigenvalue weighted by Gasteiger charge is 2.39. The van der Waals surface area contributed by atoms with Crippen molar-refractivity contribution >= 4 is 17.7 Å². The van der Waals surface area contributed by atoms with E-state index >= 15 is 0 Å².